The van der Waals surface area contributed by atoms with E-state index in [1.54, 1.807) is 0 Å². The van der Waals surface area contributed by atoms with Crippen molar-refractivity contribution < 1.29 is 0 Å². The number of hydrogen-bond acceptors (Lipinski definition) is 2. The van der Waals surface area contributed by atoms with Crippen molar-refractivity contribution in [3.63, 3.8) is 0 Å². The molecule has 1 aromatic rings. The minimum Gasteiger partial charge on any atom is -0.330 e. The molecule has 13 heavy (non-hydrogen) atoms. The predicted molar refractivity (Wildman–Crippen MR) is 58.5 cm³/mol. The summed E-state index contributed by atoms with van der Waals surface area (Å²) in [6.07, 6.45) is 2.22. The average molecular weight is 214 g/mol. The number of nitrogens with two attached hydrogens (primary N) is 1. The SMILES string of the molecule is NCCC1Cc2cc(Cl)ccc2S1. The van der Waals surface area contributed by atoms with Gasteiger partial charge in [0.25, 0.3) is 0 Å². The largest absolute Gasteiger partial charge is 0.330 e. The Balaban J connectivity index is 2.16. The number of hydrogen-bond donors (Lipinski definition) is 1. The Labute approximate surface area is 87.7 Å². The molecule has 1 aliphatic rings. The van der Waals surface area contributed by atoms with Gasteiger partial charge in [0, 0.05) is 15.2 Å². The third-order valence-corrected chi connectivity index (χ3v) is 3.88. The third-order valence-electron chi connectivity index (χ3n) is 2.25. The van der Waals surface area contributed by atoms with Crippen LogP contribution in [-0.2, 0) is 6.42 Å². The molecule has 1 unspecified atom stereocenters. The third kappa shape index (κ3) is 2.01. The molecule has 0 radical (unpaired) electrons. The van der Waals surface area contributed by atoms with Crippen LogP contribution in [0.2, 0.25) is 5.02 Å². The molecular weight excluding hydrogens is 202 g/mol. The van der Waals surface area contributed by atoms with Crippen LogP contribution in [0.25, 0.3) is 0 Å². The smallest absolute Gasteiger partial charge is 0.0409 e. The molecule has 70 valence electrons. The second-order valence-corrected chi connectivity index (χ2v) is 5.05. The Morgan fingerprint density at radius 3 is 3.15 bits per heavy atom. The molecule has 0 bridgehead atoms. The molecule has 1 aliphatic heterocycles. The Morgan fingerprint density at radius 1 is 1.54 bits per heavy atom. The van der Waals surface area contributed by atoms with E-state index < -0.39 is 0 Å². The van der Waals surface area contributed by atoms with Crippen molar-refractivity contribution in [2.45, 2.75) is 23.0 Å². The van der Waals surface area contributed by atoms with Crippen molar-refractivity contribution in [2.75, 3.05) is 6.54 Å². The zero-order chi connectivity index (χ0) is 9.26. The van der Waals surface area contributed by atoms with Crippen molar-refractivity contribution in [3.8, 4) is 0 Å². The number of rotatable bonds is 2. The molecule has 0 aromatic heterocycles. The molecule has 1 aromatic carbocycles. The lowest BCUT2D eigenvalue weighted by Gasteiger charge is -2.03. The Bertz CT molecular complexity index is 314. The highest BCUT2D eigenvalue weighted by atomic mass is 35.5. The number of halogens is 1. The second-order valence-electron chi connectivity index (χ2n) is 3.27. The van der Waals surface area contributed by atoms with Gasteiger partial charge in [0.1, 0.15) is 0 Å². The van der Waals surface area contributed by atoms with Crippen LogP contribution in [-0.4, -0.2) is 11.8 Å². The normalized spacial score (nSPS) is 20.3. The van der Waals surface area contributed by atoms with E-state index in [2.05, 4.69) is 12.1 Å². The fourth-order valence-electron chi connectivity index (χ4n) is 1.64. The van der Waals surface area contributed by atoms with Crippen molar-refractivity contribution in [3.05, 3.63) is 28.8 Å². The average Bonchev–Trinajstić information content (AvgIpc) is 2.46. The first kappa shape index (κ1) is 9.38. The molecule has 1 nitrogen and oxygen atoms in total. The first-order valence-electron chi connectivity index (χ1n) is 4.45. The maximum atomic E-state index is 5.91. The van der Waals surface area contributed by atoms with E-state index >= 15 is 0 Å². The van der Waals surface area contributed by atoms with Crippen LogP contribution in [0.15, 0.2) is 23.1 Å². The van der Waals surface area contributed by atoms with Crippen LogP contribution in [0, 0.1) is 0 Å². The van der Waals surface area contributed by atoms with E-state index in [0.717, 1.165) is 24.4 Å². The summed E-state index contributed by atoms with van der Waals surface area (Å²) in [6, 6.07) is 6.14. The first-order chi connectivity index (χ1) is 6.29. The summed E-state index contributed by atoms with van der Waals surface area (Å²) in [6.45, 7) is 0.777. The molecule has 1 atom stereocenters. The summed E-state index contributed by atoms with van der Waals surface area (Å²) in [5.74, 6) is 0. The van der Waals surface area contributed by atoms with Gasteiger partial charge in [0.2, 0.25) is 0 Å². The van der Waals surface area contributed by atoms with E-state index in [1.165, 1.54) is 10.5 Å². The summed E-state index contributed by atoms with van der Waals surface area (Å²) < 4.78 is 0. The first-order valence-corrected chi connectivity index (χ1v) is 5.70. The predicted octanol–water partition coefficient (Wildman–Crippen LogP) is 2.71. The van der Waals surface area contributed by atoms with E-state index in [4.69, 9.17) is 17.3 Å². The monoisotopic (exact) mass is 213 g/mol. The maximum Gasteiger partial charge on any atom is 0.0409 e. The highest BCUT2D eigenvalue weighted by Crippen LogP contribution is 2.39. The lowest BCUT2D eigenvalue weighted by atomic mass is 10.1. The molecule has 0 saturated heterocycles. The van der Waals surface area contributed by atoms with Gasteiger partial charge in [-0.2, -0.15) is 0 Å². The summed E-state index contributed by atoms with van der Waals surface area (Å²) in [5, 5.41) is 1.51. The topological polar surface area (TPSA) is 26.0 Å². The fourth-order valence-corrected chi connectivity index (χ4v) is 3.15. The molecule has 0 aliphatic carbocycles. The molecular formula is C10H12ClNS. The van der Waals surface area contributed by atoms with Gasteiger partial charge in [-0.25, -0.2) is 0 Å². The summed E-state index contributed by atoms with van der Waals surface area (Å²) in [7, 11) is 0. The van der Waals surface area contributed by atoms with Crippen molar-refractivity contribution >= 4 is 23.4 Å². The van der Waals surface area contributed by atoms with E-state index in [9.17, 15) is 0 Å². The van der Waals surface area contributed by atoms with Gasteiger partial charge in [-0.3, -0.25) is 0 Å². The zero-order valence-corrected chi connectivity index (χ0v) is 8.87. The van der Waals surface area contributed by atoms with Crippen LogP contribution in [0.3, 0.4) is 0 Å². The fraction of sp³-hybridized carbons (Fsp3) is 0.400. The van der Waals surface area contributed by atoms with Gasteiger partial charge in [0.05, 0.1) is 0 Å². The van der Waals surface area contributed by atoms with Gasteiger partial charge >= 0.3 is 0 Å². The van der Waals surface area contributed by atoms with Crippen molar-refractivity contribution in [1.29, 1.82) is 0 Å². The van der Waals surface area contributed by atoms with E-state index in [-0.39, 0.29) is 0 Å². The lowest BCUT2D eigenvalue weighted by molar-refractivity contribution is 0.774. The maximum absolute atomic E-state index is 5.91. The molecule has 0 saturated carbocycles. The molecule has 0 fully saturated rings. The highest BCUT2D eigenvalue weighted by molar-refractivity contribution is 8.00. The second kappa shape index (κ2) is 3.91. The van der Waals surface area contributed by atoms with E-state index in [0.29, 0.717) is 5.25 Å². The Hall–Kier alpha value is -0.180. The Morgan fingerprint density at radius 2 is 2.38 bits per heavy atom. The van der Waals surface area contributed by atoms with Gasteiger partial charge in [-0.05, 0) is 43.1 Å². The highest BCUT2D eigenvalue weighted by Gasteiger charge is 2.21. The van der Waals surface area contributed by atoms with Crippen LogP contribution in [0.1, 0.15) is 12.0 Å². The lowest BCUT2D eigenvalue weighted by Crippen LogP contribution is -2.09. The van der Waals surface area contributed by atoms with Crippen LogP contribution in [0.5, 0.6) is 0 Å². The number of thioether (sulfide) groups is 1. The van der Waals surface area contributed by atoms with Crippen molar-refractivity contribution in [2.24, 2.45) is 5.73 Å². The van der Waals surface area contributed by atoms with Gasteiger partial charge in [-0.1, -0.05) is 11.6 Å². The van der Waals surface area contributed by atoms with Crippen molar-refractivity contribution in [1.82, 2.24) is 0 Å². The molecule has 0 amide bonds. The van der Waals surface area contributed by atoms with Gasteiger partial charge < -0.3 is 5.73 Å². The van der Waals surface area contributed by atoms with Crippen LogP contribution < -0.4 is 5.73 Å². The minimum atomic E-state index is 0.665. The van der Waals surface area contributed by atoms with Gasteiger partial charge in [-0.15, -0.1) is 11.8 Å². The summed E-state index contributed by atoms with van der Waals surface area (Å²) >= 11 is 7.84. The summed E-state index contributed by atoms with van der Waals surface area (Å²) in [4.78, 5) is 1.38. The zero-order valence-electron chi connectivity index (χ0n) is 7.29. The van der Waals surface area contributed by atoms with Crippen LogP contribution >= 0.6 is 23.4 Å². The molecule has 0 spiro atoms. The molecule has 1 heterocycles. The number of benzene rings is 1. The van der Waals surface area contributed by atoms with Gasteiger partial charge in [0.15, 0.2) is 0 Å². The molecule has 2 rings (SSSR count). The molecule has 3 heteroatoms. The van der Waals surface area contributed by atoms with Crippen LogP contribution in [0.4, 0.5) is 0 Å². The minimum absolute atomic E-state index is 0.665. The van der Waals surface area contributed by atoms with E-state index in [1.807, 2.05) is 17.8 Å². The Kier molecular flexibility index (Phi) is 2.82. The molecule has 2 N–H and O–H groups in total. The standard InChI is InChI=1S/C10H12ClNS/c11-8-1-2-10-7(5-8)6-9(13-10)3-4-12/h1-2,5,9H,3-4,6,12H2. The quantitative estimate of drug-likeness (QED) is 0.818. The number of fused-ring (bicyclic) bond motifs is 1. The summed E-state index contributed by atoms with van der Waals surface area (Å²) in [5.41, 5.74) is 6.92.